The minimum atomic E-state index is -1.12. The number of alkyl halides is 1. The smallest absolute Gasteiger partial charge is 0.404 e. The van der Waals surface area contributed by atoms with Gasteiger partial charge in [0.25, 0.3) is 0 Å². The lowest BCUT2D eigenvalue weighted by molar-refractivity contribution is -0.132. The average Bonchev–Trinajstić information content (AvgIpc) is 3.34. The molecule has 2 aromatic carbocycles. The van der Waals surface area contributed by atoms with E-state index < -0.39 is 17.7 Å². The van der Waals surface area contributed by atoms with Crippen LogP contribution in [0.5, 0.6) is 0 Å². The lowest BCUT2D eigenvalue weighted by Crippen LogP contribution is -2.42. The van der Waals surface area contributed by atoms with E-state index in [2.05, 4.69) is 5.32 Å². The molecule has 2 amide bonds. The van der Waals surface area contributed by atoms with Gasteiger partial charge in [-0.3, -0.25) is 4.79 Å². The molecule has 1 saturated carbocycles. The number of amides is 2. The number of carbonyl (C=O) groups excluding carboxylic acids is 1. The maximum Gasteiger partial charge on any atom is 0.404 e. The molecule has 1 atom stereocenters. The minimum absolute atomic E-state index is 0.146. The summed E-state index contributed by atoms with van der Waals surface area (Å²) in [5, 5.41) is 11.3. The van der Waals surface area contributed by atoms with E-state index in [4.69, 9.17) is 16.7 Å². The third-order valence-corrected chi connectivity index (χ3v) is 7.62. The van der Waals surface area contributed by atoms with Gasteiger partial charge in [-0.15, -0.1) is 11.6 Å². The van der Waals surface area contributed by atoms with Gasteiger partial charge in [0.1, 0.15) is 17.5 Å². The maximum atomic E-state index is 14.9. The van der Waals surface area contributed by atoms with E-state index in [0.717, 1.165) is 55.5 Å². The molecule has 3 aromatic rings. The normalized spacial score (nSPS) is 14.6. The number of benzene rings is 2. The fraction of sp³-hybridized carbons (Fsp3) is 0.400. The Bertz CT molecular complexity index is 1260. The van der Waals surface area contributed by atoms with Crippen LogP contribution in [0, 0.1) is 17.6 Å². The van der Waals surface area contributed by atoms with E-state index in [1.54, 1.807) is 4.90 Å². The standard InChI is InChI=1S/C30H34ClF2N3O3/c31-18-28(37)36(15-7-14-34-30(38)39)29(22-10-5-2-6-11-22)27-16-23(25-17-24(32)12-13-26(25)33)20-35(27)19-21-8-3-1-4-9-21/h1,3-4,8-9,12-13,16-17,20,22,29,34H,2,5-7,10-11,14-15,18-19H2,(H,38,39)/t29-/m1/s1. The molecule has 208 valence electrons. The van der Waals surface area contributed by atoms with Crippen LogP contribution >= 0.6 is 11.6 Å². The first-order valence-corrected chi connectivity index (χ1v) is 13.9. The Morgan fingerprint density at radius 3 is 2.51 bits per heavy atom. The van der Waals surface area contributed by atoms with Gasteiger partial charge in [-0.25, -0.2) is 13.6 Å². The molecule has 9 heteroatoms. The first kappa shape index (κ1) is 28.6. The van der Waals surface area contributed by atoms with Gasteiger partial charge in [0.2, 0.25) is 5.91 Å². The molecular formula is C30H34ClF2N3O3. The molecule has 1 aromatic heterocycles. The van der Waals surface area contributed by atoms with E-state index >= 15 is 0 Å². The van der Waals surface area contributed by atoms with Crippen molar-refractivity contribution in [3.63, 3.8) is 0 Å². The highest BCUT2D eigenvalue weighted by atomic mass is 35.5. The lowest BCUT2D eigenvalue weighted by atomic mass is 9.81. The summed E-state index contributed by atoms with van der Waals surface area (Å²) in [6, 6.07) is 14.8. The summed E-state index contributed by atoms with van der Waals surface area (Å²) in [5.74, 6) is -1.36. The molecule has 0 unspecified atom stereocenters. The van der Waals surface area contributed by atoms with Crippen molar-refractivity contribution < 1.29 is 23.5 Å². The van der Waals surface area contributed by atoms with Gasteiger partial charge in [0.15, 0.2) is 0 Å². The quantitative estimate of drug-likeness (QED) is 0.200. The fourth-order valence-corrected chi connectivity index (χ4v) is 5.76. The maximum absolute atomic E-state index is 14.9. The zero-order chi connectivity index (χ0) is 27.8. The third kappa shape index (κ3) is 7.38. The number of carbonyl (C=O) groups is 2. The van der Waals surface area contributed by atoms with Crippen LogP contribution in [-0.4, -0.2) is 45.5 Å². The van der Waals surface area contributed by atoms with Gasteiger partial charge in [0, 0.05) is 42.7 Å². The molecule has 0 aliphatic heterocycles. The van der Waals surface area contributed by atoms with Crippen molar-refractivity contribution in [2.45, 2.75) is 51.1 Å². The minimum Gasteiger partial charge on any atom is -0.465 e. The van der Waals surface area contributed by atoms with Crippen LogP contribution in [0.1, 0.15) is 55.8 Å². The first-order chi connectivity index (χ1) is 18.9. The van der Waals surface area contributed by atoms with Crippen molar-refractivity contribution in [3.05, 3.63) is 83.7 Å². The molecule has 1 aliphatic carbocycles. The number of halogens is 3. The van der Waals surface area contributed by atoms with Gasteiger partial charge in [-0.05, 0) is 55.0 Å². The van der Waals surface area contributed by atoms with Crippen molar-refractivity contribution in [2.75, 3.05) is 19.0 Å². The Kier molecular flexibility index (Phi) is 9.98. The molecular weight excluding hydrogens is 524 g/mol. The number of carboxylic acid groups (broad SMARTS) is 1. The Morgan fingerprint density at radius 2 is 1.82 bits per heavy atom. The van der Waals surface area contributed by atoms with Crippen LogP contribution in [0.4, 0.5) is 13.6 Å². The van der Waals surface area contributed by atoms with Crippen LogP contribution < -0.4 is 5.32 Å². The molecule has 6 nitrogen and oxygen atoms in total. The van der Waals surface area contributed by atoms with E-state index in [1.807, 2.05) is 47.2 Å². The van der Waals surface area contributed by atoms with E-state index in [9.17, 15) is 18.4 Å². The second-order valence-corrected chi connectivity index (χ2v) is 10.3. The van der Waals surface area contributed by atoms with Gasteiger partial charge in [-0.1, -0.05) is 49.6 Å². The van der Waals surface area contributed by atoms with E-state index in [1.165, 1.54) is 6.07 Å². The highest BCUT2D eigenvalue weighted by molar-refractivity contribution is 6.27. The molecule has 1 aliphatic rings. The second-order valence-electron chi connectivity index (χ2n) is 10.0. The Labute approximate surface area is 232 Å². The zero-order valence-electron chi connectivity index (χ0n) is 21.8. The molecule has 0 spiro atoms. The van der Waals surface area contributed by atoms with E-state index in [-0.39, 0.29) is 35.9 Å². The molecule has 4 rings (SSSR count). The predicted molar refractivity (Wildman–Crippen MR) is 148 cm³/mol. The topological polar surface area (TPSA) is 74.6 Å². The van der Waals surface area contributed by atoms with Crippen molar-refractivity contribution in [1.29, 1.82) is 0 Å². The van der Waals surface area contributed by atoms with Gasteiger partial charge < -0.3 is 19.9 Å². The predicted octanol–water partition coefficient (Wildman–Crippen LogP) is 6.83. The van der Waals surface area contributed by atoms with Crippen LogP contribution in [0.25, 0.3) is 11.1 Å². The largest absolute Gasteiger partial charge is 0.465 e. The van der Waals surface area contributed by atoms with Crippen molar-refractivity contribution in [1.82, 2.24) is 14.8 Å². The number of rotatable bonds is 11. The SMILES string of the molecule is O=C(O)NCCCN(C(=O)CCl)[C@@H](c1cc(-c2cc(F)ccc2F)cn1Cc1ccccc1)C1CCCCC1. The average molecular weight is 558 g/mol. The number of hydrogen-bond acceptors (Lipinski definition) is 2. The monoisotopic (exact) mass is 557 g/mol. The first-order valence-electron chi connectivity index (χ1n) is 13.4. The molecule has 1 fully saturated rings. The van der Waals surface area contributed by atoms with Crippen LogP contribution in [-0.2, 0) is 11.3 Å². The summed E-state index contributed by atoms with van der Waals surface area (Å²) in [4.78, 5) is 26.0. The number of nitrogens with one attached hydrogen (secondary N) is 1. The Balaban J connectivity index is 1.81. The molecule has 0 saturated heterocycles. The molecule has 1 heterocycles. The molecule has 0 radical (unpaired) electrons. The summed E-state index contributed by atoms with van der Waals surface area (Å²) in [5.41, 5.74) is 2.55. The van der Waals surface area contributed by atoms with Crippen LogP contribution in [0.3, 0.4) is 0 Å². The summed E-state index contributed by atoms with van der Waals surface area (Å²) in [6.45, 7) is 0.997. The second kappa shape index (κ2) is 13.6. The van der Waals surface area contributed by atoms with Crippen LogP contribution in [0.2, 0.25) is 0 Å². The van der Waals surface area contributed by atoms with Crippen LogP contribution in [0.15, 0.2) is 60.8 Å². The highest BCUT2D eigenvalue weighted by Gasteiger charge is 2.35. The highest BCUT2D eigenvalue weighted by Crippen LogP contribution is 2.41. The summed E-state index contributed by atoms with van der Waals surface area (Å²) in [7, 11) is 0. The summed E-state index contributed by atoms with van der Waals surface area (Å²) < 4.78 is 31.1. The van der Waals surface area contributed by atoms with Crippen molar-refractivity contribution in [3.8, 4) is 11.1 Å². The third-order valence-electron chi connectivity index (χ3n) is 7.39. The summed E-state index contributed by atoms with van der Waals surface area (Å²) >= 11 is 6.09. The Hall–Kier alpha value is -3.39. The molecule has 0 bridgehead atoms. The van der Waals surface area contributed by atoms with Gasteiger partial charge >= 0.3 is 6.09 Å². The fourth-order valence-electron chi connectivity index (χ4n) is 5.61. The summed E-state index contributed by atoms with van der Waals surface area (Å²) in [6.07, 6.45) is 6.17. The van der Waals surface area contributed by atoms with Crippen molar-refractivity contribution >= 4 is 23.6 Å². The van der Waals surface area contributed by atoms with Gasteiger partial charge in [0.05, 0.1) is 6.04 Å². The number of nitrogens with zero attached hydrogens (tertiary/aromatic N) is 2. The molecule has 39 heavy (non-hydrogen) atoms. The Morgan fingerprint density at radius 1 is 1.08 bits per heavy atom. The lowest BCUT2D eigenvalue weighted by Gasteiger charge is -2.39. The number of aromatic nitrogens is 1. The molecule has 2 N–H and O–H groups in total. The van der Waals surface area contributed by atoms with Gasteiger partial charge in [-0.2, -0.15) is 0 Å². The number of hydrogen-bond donors (Lipinski definition) is 2. The zero-order valence-corrected chi connectivity index (χ0v) is 22.5. The van der Waals surface area contributed by atoms with E-state index in [0.29, 0.717) is 25.1 Å². The van der Waals surface area contributed by atoms with Crippen molar-refractivity contribution in [2.24, 2.45) is 5.92 Å².